The van der Waals surface area contributed by atoms with Crippen molar-refractivity contribution in [3.63, 3.8) is 0 Å². The minimum atomic E-state index is -3.90. The molecule has 30 heavy (non-hydrogen) atoms. The summed E-state index contributed by atoms with van der Waals surface area (Å²) in [5.74, 6) is 0. The number of unbranched alkanes of at least 4 members (excludes halogenated alkanes) is 10. The Bertz CT molecular complexity index is 478. The third-order valence-electron chi connectivity index (χ3n) is 6.19. The molecule has 6 heteroatoms. The van der Waals surface area contributed by atoms with Crippen molar-refractivity contribution < 1.29 is 23.0 Å². The number of hydrogen-bond donors (Lipinski definition) is 1. The highest BCUT2D eigenvalue weighted by Crippen LogP contribution is 2.43. The van der Waals surface area contributed by atoms with Gasteiger partial charge in [-0.2, -0.15) is 0 Å². The summed E-state index contributed by atoms with van der Waals surface area (Å²) in [7, 11) is -1.69. The van der Waals surface area contributed by atoms with Gasteiger partial charge in [0.25, 0.3) is 0 Å². The van der Waals surface area contributed by atoms with E-state index in [9.17, 15) is 9.46 Å². The average molecular weight is 447 g/mol. The number of piperidine rings is 1. The molecule has 0 spiro atoms. The molecule has 0 aromatic heterocycles. The molecule has 1 N–H and O–H groups in total. The van der Waals surface area contributed by atoms with E-state index in [1.165, 1.54) is 70.6 Å². The third kappa shape index (κ3) is 15.6. The molecular weight excluding hydrogens is 397 g/mol. The molecule has 1 unspecified atom stereocenters. The van der Waals surface area contributed by atoms with Crippen molar-refractivity contribution in [3.8, 4) is 0 Å². The van der Waals surface area contributed by atoms with Crippen LogP contribution in [0, 0.1) is 0 Å². The minimum Gasteiger partial charge on any atom is -0.324 e. The molecule has 0 amide bonds. The molecule has 1 saturated heterocycles. The zero-order chi connectivity index (χ0) is 22.0. The maximum atomic E-state index is 12.0. The van der Waals surface area contributed by atoms with E-state index in [1.54, 1.807) is 0 Å². The van der Waals surface area contributed by atoms with E-state index in [2.05, 4.69) is 26.1 Å². The van der Waals surface area contributed by atoms with E-state index in [0.717, 1.165) is 49.8 Å². The second-order valence-corrected chi connectivity index (χ2v) is 10.7. The summed E-state index contributed by atoms with van der Waals surface area (Å²) in [6, 6.07) is 0. The number of allylic oxidation sites excluding steroid dienone is 2. The van der Waals surface area contributed by atoms with Gasteiger partial charge in [-0.05, 0) is 51.4 Å². The van der Waals surface area contributed by atoms with Crippen molar-refractivity contribution in [2.45, 2.75) is 103 Å². The van der Waals surface area contributed by atoms with Crippen LogP contribution < -0.4 is 0 Å². The summed E-state index contributed by atoms with van der Waals surface area (Å²) in [5.41, 5.74) is 0. The van der Waals surface area contributed by atoms with E-state index in [0.29, 0.717) is 6.61 Å². The van der Waals surface area contributed by atoms with Crippen LogP contribution in [0.5, 0.6) is 0 Å². The molecule has 1 aliphatic heterocycles. The SMILES string of the molecule is CCCCCCCC/C=C\CCCCCCOP(=O)(O)OCC[N+]1(C)CCCCC1. The maximum absolute atomic E-state index is 12.0. The molecule has 0 aromatic rings. The predicted molar refractivity (Wildman–Crippen MR) is 127 cm³/mol. The van der Waals surface area contributed by atoms with Crippen LogP contribution in [0.2, 0.25) is 0 Å². The number of hydrogen-bond acceptors (Lipinski definition) is 3. The van der Waals surface area contributed by atoms with Crippen molar-refractivity contribution in [3.05, 3.63) is 12.2 Å². The summed E-state index contributed by atoms with van der Waals surface area (Å²) in [5, 5.41) is 0. The highest BCUT2D eigenvalue weighted by molar-refractivity contribution is 7.47. The molecular formula is C24H49NO4P+. The number of phosphoric acid groups is 1. The Kier molecular flexibility index (Phi) is 16.1. The van der Waals surface area contributed by atoms with Gasteiger partial charge in [-0.15, -0.1) is 0 Å². The molecule has 1 rings (SSSR count). The number of likely N-dealkylation sites (tertiary alicyclic amines) is 1. The van der Waals surface area contributed by atoms with Crippen LogP contribution in [0.15, 0.2) is 12.2 Å². The lowest BCUT2D eigenvalue weighted by Gasteiger charge is -2.37. The standard InChI is InChI=1S/C24H48NO4P/c1-3-4-5-6-7-8-9-10-11-12-13-14-15-19-23-28-30(26,27)29-24-22-25(2)20-17-16-18-21-25/h10-11H,3-9,12-24H2,1-2H3/p+1/b11-10-. The van der Waals surface area contributed by atoms with Crippen LogP contribution in [-0.4, -0.2) is 49.3 Å². The molecule has 1 aliphatic rings. The van der Waals surface area contributed by atoms with Crippen molar-refractivity contribution in [1.29, 1.82) is 0 Å². The quantitative estimate of drug-likeness (QED) is 0.100. The Balaban J connectivity index is 1.90. The van der Waals surface area contributed by atoms with Gasteiger partial charge in [0, 0.05) is 0 Å². The molecule has 0 bridgehead atoms. The van der Waals surface area contributed by atoms with Gasteiger partial charge in [0.2, 0.25) is 0 Å². The normalized spacial score (nSPS) is 18.6. The Morgan fingerprint density at radius 2 is 1.33 bits per heavy atom. The van der Waals surface area contributed by atoms with Crippen LogP contribution in [0.4, 0.5) is 0 Å². The second kappa shape index (κ2) is 17.4. The van der Waals surface area contributed by atoms with Gasteiger partial charge >= 0.3 is 7.82 Å². The number of nitrogens with zero attached hydrogens (tertiary/aromatic N) is 1. The van der Waals surface area contributed by atoms with E-state index in [1.807, 2.05) is 0 Å². The first kappa shape index (κ1) is 27.8. The second-order valence-electron chi connectivity index (χ2n) is 9.22. The molecule has 5 nitrogen and oxygen atoms in total. The van der Waals surface area contributed by atoms with Gasteiger partial charge in [-0.3, -0.25) is 9.05 Å². The fraction of sp³-hybridized carbons (Fsp3) is 0.917. The molecule has 1 heterocycles. The van der Waals surface area contributed by atoms with E-state index < -0.39 is 7.82 Å². The lowest BCUT2D eigenvalue weighted by atomic mass is 10.1. The van der Waals surface area contributed by atoms with Crippen LogP contribution in [0.1, 0.15) is 103 Å². The molecule has 0 radical (unpaired) electrons. The molecule has 178 valence electrons. The van der Waals surface area contributed by atoms with Crippen LogP contribution in [-0.2, 0) is 13.6 Å². The first-order chi connectivity index (χ1) is 14.5. The summed E-state index contributed by atoms with van der Waals surface area (Å²) in [4.78, 5) is 9.83. The van der Waals surface area contributed by atoms with Crippen LogP contribution in [0.3, 0.4) is 0 Å². The highest BCUT2D eigenvalue weighted by Gasteiger charge is 2.27. The van der Waals surface area contributed by atoms with Gasteiger partial charge < -0.3 is 9.38 Å². The van der Waals surface area contributed by atoms with E-state index >= 15 is 0 Å². The fourth-order valence-electron chi connectivity index (χ4n) is 4.09. The first-order valence-electron chi connectivity index (χ1n) is 12.6. The Morgan fingerprint density at radius 3 is 1.97 bits per heavy atom. The number of likely N-dealkylation sites (N-methyl/N-ethyl adjacent to an activating group) is 1. The van der Waals surface area contributed by atoms with Gasteiger partial charge in [0.15, 0.2) is 0 Å². The molecule has 1 fully saturated rings. The summed E-state index contributed by atoms with van der Waals surface area (Å²) in [6.45, 7) is 5.89. The molecule has 0 saturated carbocycles. The van der Waals surface area contributed by atoms with E-state index in [4.69, 9.17) is 9.05 Å². The number of phosphoric ester groups is 1. The summed E-state index contributed by atoms with van der Waals surface area (Å²) < 4.78 is 23.2. The fourth-order valence-corrected chi connectivity index (χ4v) is 4.84. The lowest BCUT2D eigenvalue weighted by Crippen LogP contribution is -2.49. The number of rotatable bonds is 19. The van der Waals surface area contributed by atoms with Crippen molar-refractivity contribution in [2.75, 3.05) is 39.9 Å². The minimum absolute atomic E-state index is 0.287. The van der Waals surface area contributed by atoms with Crippen LogP contribution in [0.25, 0.3) is 0 Å². The van der Waals surface area contributed by atoms with Gasteiger partial charge in [-0.25, -0.2) is 4.57 Å². The monoisotopic (exact) mass is 446 g/mol. The Labute approximate surface area is 186 Å². The van der Waals surface area contributed by atoms with Crippen molar-refractivity contribution in [1.82, 2.24) is 0 Å². The zero-order valence-corrected chi connectivity index (χ0v) is 20.8. The van der Waals surface area contributed by atoms with Gasteiger partial charge in [0.05, 0.1) is 26.7 Å². The zero-order valence-electron chi connectivity index (χ0n) is 19.9. The predicted octanol–water partition coefficient (Wildman–Crippen LogP) is 7.01. The average Bonchev–Trinajstić information content (AvgIpc) is 2.71. The summed E-state index contributed by atoms with van der Waals surface area (Å²) in [6.07, 6.45) is 23.0. The first-order valence-corrected chi connectivity index (χ1v) is 14.1. The maximum Gasteiger partial charge on any atom is 0.472 e. The largest absolute Gasteiger partial charge is 0.472 e. The third-order valence-corrected chi connectivity index (χ3v) is 7.21. The summed E-state index contributed by atoms with van der Waals surface area (Å²) >= 11 is 0. The number of quaternary nitrogens is 1. The smallest absolute Gasteiger partial charge is 0.324 e. The van der Waals surface area contributed by atoms with Crippen molar-refractivity contribution >= 4 is 7.82 Å². The molecule has 1 atom stereocenters. The Morgan fingerprint density at radius 1 is 0.800 bits per heavy atom. The van der Waals surface area contributed by atoms with Crippen molar-refractivity contribution in [2.24, 2.45) is 0 Å². The lowest BCUT2D eigenvalue weighted by molar-refractivity contribution is -0.914. The topological polar surface area (TPSA) is 55.8 Å². The van der Waals surface area contributed by atoms with E-state index in [-0.39, 0.29) is 6.61 Å². The highest BCUT2D eigenvalue weighted by atomic mass is 31.2. The van der Waals surface area contributed by atoms with Crippen LogP contribution >= 0.6 is 7.82 Å². The Hall–Kier alpha value is -0.190. The van der Waals surface area contributed by atoms with Gasteiger partial charge in [-0.1, -0.05) is 64.0 Å². The molecule has 0 aliphatic carbocycles. The molecule has 0 aromatic carbocycles. The van der Waals surface area contributed by atoms with Gasteiger partial charge in [0.1, 0.15) is 13.2 Å².